The molecule has 4 nitrogen and oxygen atoms in total. The van der Waals surface area contributed by atoms with Crippen LogP contribution in [0, 0.1) is 77.5 Å². The van der Waals surface area contributed by atoms with Crippen LogP contribution in [0.1, 0.15) is 64.1 Å². The third-order valence-corrected chi connectivity index (χ3v) is 4.54. The highest BCUT2D eigenvalue weighted by atomic mass is 16.2. The Hall–Kier alpha value is -3.54. The van der Waals surface area contributed by atoms with Crippen LogP contribution in [0.4, 0.5) is 0 Å². The van der Waals surface area contributed by atoms with Gasteiger partial charge in [-0.25, -0.2) is 0 Å². The molecule has 29 heavy (non-hydrogen) atoms. The molecule has 2 saturated heterocycles. The van der Waals surface area contributed by atoms with Crippen molar-refractivity contribution in [3.05, 3.63) is 0 Å². The number of amides is 2. The number of nitrogens with one attached hydrogen (secondary N) is 1. The van der Waals surface area contributed by atoms with Crippen LogP contribution in [-0.4, -0.2) is 33.8 Å². The Labute approximate surface area is 191 Å². The van der Waals surface area contributed by atoms with Gasteiger partial charge in [0.15, 0.2) is 0 Å². The maximum absolute atomic E-state index is 12.8. The van der Waals surface area contributed by atoms with E-state index in [0.29, 0.717) is 0 Å². The van der Waals surface area contributed by atoms with Crippen LogP contribution in [0.2, 0.25) is 0 Å². The largest absolute Gasteiger partial charge is 0.307 e. The fraction of sp³-hybridized carbons (Fsp3) is 0.440. The van der Waals surface area contributed by atoms with E-state index in [-0.39, 0.29) is 52.5 Å². The maximum atomic E-state index is 12.8. The fourth-order valence-electron chi connectivity index (χ4n) is 3.98. The third kappa shape index (κ3) is 6.24. The molecule has 0 saturated carbocycles. The number of carbonyl (C=O) groups is 2. The molecule has 2 amide bonds. The first-order valence-electron chi connectivity index (χ1n) is 9.27. The van der Waals surface area contributed by atoms with Crippen LogP contribution >= 0.6 is 0 Å². The van der Waals surface area contributed by atoms with Crippen molar-refractivity contribution in [3.63, 3.8) is 0 Å². The van der Waals surface area contributed by atoms with Gasteiger partial charge in [0.1, 0.15) is 5.92 Å². The molecule has 2 rings (SSSR count). The predicted molar refractivity (Wildman–Crippen MR) is 137 cm³/mol. The van der Waals surface area contributed by atoms with E-state index in [9.17, 15) is 9.59 Å². The van der Waals surface area contributed by atoms with Crippen molar-refractivity contribution in [1.29, 1.82) is 0 Å². The number of terminal acetylenes is 1. The van der Waals surface area contributed by atoms with Crippen LogP contribution in [0.5, 0.6) is 0 Å². The number of likely N-dealkylation sites (tertiary alicyclic amines) is 1. The van der Waals surface area contributed by atoms with E-state index in [1.165, 1.54) is 4.90 Å². The van der Waals surface area contributed by atoms with Crippen LogP contribution in [0.3, 0.4) is 0 Å². The first-order valence-corrected chi connectivity index (χ1v) is 9.27. The molecule has 1 N–H and O–H groups in total. The van der Waals surface area contributed by atoms with Crippen molar-refractivity contribution < 1.29 is 26.7 Å². The summed E-state index contributed by atoms with van der Waals surface area (Å²) in [4.78, 5) is 26.7. The number of rotatable bonds is 1. The van der Waals surface area contributed by atoms with Crippen molar-refractivity contribution >= 4 is 11.8 Å². The molecule has 4 heteroatoms. The lowest BCUT2D eigenvalue weighted by Gasteiger charge is -2.48. The molecule has 2 aliphatic heterocycles. The maximum Gasteiger partial charge on any atom is 0.245 e. The predicted octanol–water partition coefficient (Wildman–Crippen LogP) is 4.27. The van der Waals surface area contributed by atoms with Gasteiger partial charge in [0, 0.05) is 40.7 Å². The van der Waals surface area contributed by atoms with Gasteiger partial charge in [-0.1, -0.05) is 5.92 Å². The number of carbonyl (C=O) groups excluding carboxylic acids is 2. The fourth-order valence-corrected chi connectivity index (χ4v) is 3.98. The van der Waals surface area contributed by atoms with Gasteiger partial charge in [0.25, 0.3) is 0 Å². The SMILES string of the molecule is C#CC#CC#CC#CC#CC#CC1CC(=O)N(C2CC(C)(C)NC(C)(C)C2)C1=O.[HH].[HH].[HH].[HH].[HH].[HH].[HH].[HH].[HH].[HH].[HH].[HH]. The molecule has 0 aliphatic carbocycles. The highest BCUT2D eigenvalue weighted by molar-refractivity contribution is 6.05. The molecule has 0 aromatic rings. The van der Waals surface area contributed by atoms with E-state index in [1.807, 2.05) is 0 Å². The lowest BCUT2D eigenvalue weighted by atomic mass is 9.79. The van der Waals surface area contributed by atoms with E-state index in [4.69, 9.17) is 6.42 Å². The summed E-state index contributed by atoms with van der Waals surface area (Å²) in [6.07, 6.45) is 6.49. The van der Waals surface area contributed by atoms with Gasteiger partial charge in [-0.3, -0.25) is 14.5 Å². The molecule has 2 aliphatic rings. The normalized spacial score (nSPS) is 21.3. The molecule has 168 valence electrons. The molecular weight excluding hydrogens is 360 g/mol. The van der Waals surface area contributed by atoms with Crippen molar-refractivity contribution in [2.45, 2.75) is 64.1 Å². The Balaban J connectivity index is -0.0000000833. The molecule has 0 radical (unpaired) electrons. The van der Waals surface area contributed by atoms with E-state index in [2.05, 4.69) is 98.1 Å². The van der Waals surface area contributed by atoms with Crippen LogP contribution in [0.15, 0.2) is 0 Å². The van der Waals surface area contributed by atoms with Crippen molar-refractivity contribution in [2.75, 3.05) is 0 Å². The van der Waals surface area contributed by atoms with Crippen LogP contribution in [-0.2, 0) is 9.59 Å². The zero-order chi connectivity index (χ0) is 21.5. The average molecular weight is 407 g/mol. The third-order valence-electron chi connectivity index (χ3n) is 4.54. The van der Waals surface area contributed by atoms with Gasteiger partial charge >= 0.3 is 0 Å². The highest BCUT2D eigenvalue weighted by Crippen LogP contribution is 2.34. The first kappa shape index (κ1) is 21.8. The van der Waals surface area contributed by atoms with Gasteiger partial charge in [0.05, 0.1) is 0 Å². The Morgan fingerprint density at radius 1 is 0.897 bits per heavy atom. The summed E-state index contributed by atoms with van der Waals surface area (Å²) >= 11 is 0. The molecule has 2 heterocycles. The zero-order valence-corrected chi connectivity index (χ0v) is 17.1. The molecule has 0 spiro atoms. The molecular formula is C25H46N2O2. The summed E-state index contributed by atoms with van der Waals surface area (Å²) in [5.74, 6) is 26.3. The smallest absolute Gasteiger partial charge is 0.245 e. The summed E-state index contributed by atoms with van der Waals surface area (Å²) in [5, 5.41) is 3.57. The first-order chi connectivity index (χ1) is 13.7. The second kappa shape index (κ2) is 9.10. The van der Waals surface area contributed by atoms with E-state index in [0.717, 1.165) is 12.8 Å². The van der Waals surface area contributed by atoms with Crippen molar-refractivity contribution in [3.8, 4) is 71.5 Å². The minimum absolute atomic E-state index is 0. The summed E-state index contributed by atoms with van der Waals surface area (Å²) in [6.45, 7) is 8.36. The monoisotopic (exact) mass is 406 g/mol. The Kier molecular flexibility index (Phi) is 6.83. The quantitative estimate of drug-likeness (QED) is 0.522. The minimum Gasteiger partial charge on any atom is -0.307 e. The van der Waals surface area contributed by atoms with E-state index < -0.39 is 5.92 Å². The molecule has 1 atom stereocenters. The van der Waals surface area contributed by atoms with E-state index >= 15 is 0 Å². The molecule has 0 bridgehead atoms. The van der Waals surface area contributed by atoms with Gasteiger partial charge in [0.2, 0.25) is 11.8 Å². The summed E-state index contributed by atoms with van der Waals surface area (Å²) in [6, 6.07) is -0.124. The number of imide groups is 1. The molecule has 2 fully saturated rings. The summed E-state index contributed by atoms with van der Waals surface area (Å²) in [5.41, 5.74) is -0.313. The van der Waals surface area contributed by atoms with E-state index in [1.54, 1.807) is 0 Å². The number of hydrogen-bond donors (Lipinski definition) is 1. The molecule has 1 unspecified atom stereocenters. The summed E-state index contributed by atoms with van der Waals surface area (Å²) in [7, 11) is 0. The summed E-state index contributed by atoms with van der Waals surface area (Å²) < 4.78 is 0. The minimum atomic E-state index is -0.648. The Morgan fingerprint density at radius 3 is 1.90 bits per heavy atom. The van der Waals surface area contributed by atoms with Crippen molar-refractivity contribution in [1.82, 2.24) is 10.2 Å². The van der Waals surface area contributed by atoms with Crippen LogP contribution in [0.25, 0.3) is 0 Å². The van der Waals surface area contributed by atoms with Crippen molar-refractivity contribution in [2.24, 2.45) is 5.92 Å². The van der Waals surface area contributed by atoms with Gasteiger partial charge in [-0.05, 0) is 99.7 Å². The van der Waals surface area contributed by atoms with Gasteiger partial charge < -0.3 is 5.32 Å². The second-order valence-electron chi connectivity index (χ2n) is 8.23. The number of nitrogens with zero attached hydrogens (tertiary/aromatic N) is 1. The zero-order valence-electron chi connectivity index (χ0n) is 17.1. The standard InChI is InChI=1S/C25H22N2O2.12H2/c1-6-7-8-9-10-11-12-13-14-15-16-20-17-22(28)27(23(20)29)21-18-24(2,3)26-25(4,5)19-21;;;;;;;;;;;;/h1,20-21,26H,17-19H2,2-5H3;12*1H. The van der Waals surface area contributed by atoms with Gasteiger partial charge in [-0.15, -0.1) is 6.42 Å². The Bertz CT molecular complexity index is 1080. The highest BCUT2D eigenvalue weighted by Gasteiger charge is 2.47. The Morgan fingerprint density at radius 2 is 1.38 bits per heavy atom. The lowest BCUT2D eigenvalue weighted by Crippen LogP contribution is -2.62. The van der Waals surface area contributed by atoms with Crippen LogP contribution < -0.4 is 5.32 Å². The lowest BCUT2D eigenvalue weighted by molar-refractivity contribution is -0.143. The number of hydrogen-bond acceptors (Lipinski definition) is 3. The number of piperidine rings is 1. The topological polar surface area (TPSA) is 49.4 Å². The molecule has 0 aromatic heterocycles. The average Bonchev–Trinajstić information content (AvgIpc) is 2.87. The second-order valence-corrected chi connectivity index (χ2v) is 8.23. The van der Waals surface area contributed by atoms with Gasteiger partial charge in [-0.2, -0.15) is 0 Å². The molecule has 0 aromatic carbocycles.